The minimum absolute atomic E-state index is 0.158. The van der Waals surface area contributed by atoms with Gasteiger partial charge in [-0.05, 0) is 32.4 Å². The highest BCUT2D eigenvalue weighted by Gasteiger charge is 2.38. The van der Waals surface area contributed by atoms with Crippen LogP contribution in [0.15, 0.2) is 69.6 Å². The van der Waals surface area contributed by atoms with E-state index in [1.807, 2.05) is 31.2 Å². The molecule has 0 radical (unpaired) electrons. The highest BCUT2D eigenvalue weighted by molar-refractivity contribution is 7.07. The number of fused-ring (bicyclic) bond motifs is 2. The first-order valence-corrected chi connectivity index (χ1v) is 12.3. The van der Waals surface area contributed by atoms with E-state index < -0.39 is 29.4 Å². The maximum atomic E-state index is 14.0. The molecule has 0 saturated heterocycles. The van der Waals surface area contributed by atoms with E-state index >= 15 is 0 Å². The molecule has 1 aromatic heterocycles. The van der Waals surface area contributed by atoms with E-state index in [0.29, 0.717) is 21.7 Å². The minimum Gasteiger partial charge on any atom is -0.463 e. The van der Waals surface area contributed by atoms with Crippen LogP contribution < -0.4 is 19.8 Å². The number of hydrogen-bond acceptors (Lipinski definition) is 7. The lowest BCUT2D eigenvalue weighted by Crippen LogP contribution is -2.41. The second-order valence-corrected chi connectivity index (χ2v) is 9.56. The molecule has 8 nitrogen and oxygen atoms in total. The average Bonchev–Trinajstić information content (AvgIpc) is 3.31. The number of hydrogen-bond donors (Lipinski definition) is 0. The van der Waals surface area contributed by atoms with Gasteiger partial charge in [0.2, 0.25) is 5.91 Å². The summed E-state index contributed by atoms with van der Waals surface area (Å²) in [5.41, 5.74) is 3.12. The fourth-order valence-corrected chi connectivity index (χ4v) is 5.79. The molecule has 0 unspecified atom stereocenters. The minimum atomic E-state index is -0.772. The number of imide groups is 1. The zero-order chi connectivity index (χ0) is 25.7. The molecule has 0 bridgehead atoms. The van der Waals surface area contributed by atoms with Crippen molar-refractivity contribution in [1.29, 1.82) is 0 Å². The van der Waals surface area contributed by atoms with Gasteiger partial charge in [0.1, 0.15) is 4.53 Å². The Balaban J connectivity index is 1.83. The van der Waals surface area contributed by atoms with Gasteiger partial charge in [-0.1, -0.05) is 59.4 Å². The lowest BCUT2D eigenvalue weighted by molar-refractivity contribution is -0.139. The number of rotatable bonds is 3. The molecule has 0 N–H and O–H groups in total. The number of carbonyl (C=O) groups is 3. The van der Waals surface area contributed by atoms with Crippen LogP contribution in [0, 0.1) is 6.92 Å². The molecule has 5 rings (SSSR count). The van der Waals surface area contributed by atoms with Gasteiger partial charge >= 0.3 is 5.97 Å². The molecule has 0 aliphatic carbocycles. The van der Waals surface area contributed by atoms with Crippen molar-refractivity contribution in [2.24, 2.45) is 4.99 Å². The van der Waals surface area contributed by atoms with Crippen LogP contribution >= 0.6 is 11.3 Å². The summed E-state index contributed by atoms with van der Waals surface area (Å²) in [7, 11) is 0. The smallest absolute Gasteiger partial charge is 0.338 e. The van der Waals surface area contributed by atoms with E-state index in [1.165, 1.54) is 11.5 Å². The largest absolute Gasteiger partial charge is 0.463 e. The van der Waals surface area contributed by atoms with E-state index in [2.05, 4.69) is 4.99 Å². The summed E-state index contributed by atoms with van der Waals surface area (Å²) in [6.07, 6.45) is 0. The van der Waals surface area contributed by atoms with Crippen LogP contribution in [0.4, 0.5) is 5.69 Å². The zero-order valence-corrected chi connectivity index (χ0v) is 21.0. The van der Waals surface area contributed by atoms with Crippen LogP contribution in [0.1, 0.15) is 43.5 Å². The van der Waals surface area contributed by atoms with Gasteiger partial charge in [-0.2, -0.15) is 0 Å². The van der Waals surface area contributed by atoms with E-state index in [9.17, 15) is 19.2 Å². The SMILES string of the molecule is CCOC(=O)C1=C(C)N=c2s/c(=C3\C(=O)N(C(C)=O)c4ccccc43)c(=O)n2[C@H]1c1ccc(C)cc1. The number of amides is 2. The Kier molecular flexibility index (Phi) is 5.80. The van der Waals surface area contributed by atoms with Crippen LogP contribution in [0.5, 0.6) is 0 Å². The van der Waals surface area contributed by atoms with Gasteiger partial charge in [0.25, 0.3) is 11.5 Å². The molecule has 3 aromatic rings. The molecule has 2 aliphatic rings. The molecule has 36 heavy (non-hydrogen) atoms. The van der Waals surface area contributed by atoms with Gasteiger partial charge in [0.15, 0.2) is 4.80 Å². The fraction of sp³-hybridized carbons (Fsp3) is 0.222. The second-order valence-electron chi connectivity index (χ2n) is 8.59. The van der Waals surface area contributed by atoms with Crippen LogP contribution in [-0.4, -0.2) is 29.0 Å². The first-order chi connectivity index (χ1) is 17.2. The van der Waals surface area contributed by atoms with Gasteiger partial charge in [0.05, 0.1) is 35.2 Å². The van der Waals surface area contributed by atoms with Crippen molar-refractivity contribution in [3.05, 3.63) is 96.2 Å². The van der Waals surface area contributed by atoms with Crippen LogP contribution in [0.25, 0.3) is 5.57 Å². The number of benzene rings is 2. The number of allylic oxidation sites excluding steroid dienone is 1. The average molecular weight is 502 g/mol. The van der Waals surface area contributed by atoms with Crippen molar-refractivity contribution in [3.8, 4) is 0 Å². The van der Waals surface area contributed by atoms with Crippen molar-refractivity contribution in [1.82, 2.24) is 4.57 Å². The number of thiazole rings is 1. The predicted octanol–water partition coefficient (Wildman–Crippen LogP) is 2.37. The molecule has 2 aromatic carbocycles. The number of aryl methyl sites for hydroxylation is 1. The van der Waals surface area contributed by atoms with E-state index in [1.54, 1.807) is 38.1 Å². The molecule has 3 heterocycles. The Bertz CT molecular complexity index is 1660. The quantitative estimate of drug-likeness (QED) is 0.514. The number of para-hydroxylation sites is 1. The van der Waals surface area contributed by atoms with Crippen molar-refractivity contribution < 1.29 is 19.1 Å². The van der Waals surface area contributed by atoms with Crippen molar-refractivity contribution >= 4 is 40.4 Å². The molecule has 182 valence electrons. The first kappa shape index (κ1) is 23.6. The van der Waals surface area contributed by atoms with Crippen molar-refractivity contribution in [3.63, 3.8) is 0 Å². The number of nitrogens with zero attached hydrogens (tertiary/aromatic N) is 3. The second kappa shape index (κ2) is 8.83. The van der Waals surface area contributed by atoms with E-state index in [0.717, 1.165) is 27.4 Å². The summed E-state index contributed by atoms with van der Waals surface area (Å²) in [5.74, 6) is -1.54. The van der Waals surface area contributed by atoms with Gasteiger partial charge in [0, 0.05) is 12.5 Å². The van der Waals surface area contributed by atoms with Gasteiger partial charge in [-0.25, -0.2) is 14.7 Å². The lowest BCUT2D eigenvalue weighted by atomic mass is 9.95. The topological polar surface area (TPSA) is 98.0 Å². The van der Waals surface area contributed by atoms with Gasteiger partial charge < -0.3 is 4.74 Å². The van der Waals surface area contributed by atoms with Crippen LogP contribution in [-0.2, 0) is 19.1 Å². The van der Waals surface area contributed by atoms with E-state index in [4.69, 9.17) is 4.74 Å². The monoisotopic (exact) mass is 501 g/mol. The highest BCUT2D eigenvalue weighted by Crippen LogP contribution is 2.35. The number of esters is 1. The normalized spacial score (nSPS) is 18.1. The predicted molar refractivity (Wildman–Crippen MR) is 135 cm³/mol. The molecule has 9 heteroatoms. The third-order valence-corrected chi connectivity index (χ3v) is 7.31. The third-order valence-electron chi connectivity index (χ3n) is 6.26. The number of aromatic nitrogens is 1. The summed E-state index contributed by atoms with van der Waals surface area (Å²) in [6, 6.07) is 13.7. The summed E-state index contributed by atoms with van der Waals surface area (Å²) in [6.45, 7) is 6.87. The van der Waals surface area contributed by atoms with Crippen LogP contribution in [0.3, 0.4) is 0 Å². The Morgan fingerprint density at radius 2 is 1.75 bits per heavy atom. The Labute approximate surface area is 210 Å². The lowest BCUT2D eigenvalue weighted by Gasteiger charge is -2.24. The Morgan fingerprint density at radius 3 is 2.42 bits per heavy atom. The summed E-state index contributed by atoms with van der Waals surface area (Å²) in [5, 5.41) is 0. The molecule has 2 aliphatic heterocycles. The molecule has 0 fully saturated rings. The standard InChI is InChI=1S/C27H23N3O5S/c1-5-35-26(34)20-15(3)28-27-30(22(20)17-12-10-14(2)11-13-17)25(33)23(36-27)21-18-8-6-7-9-19(18)29(16(4)31)24(21)32/h6-13,22H,5H2,1-4H3/b23-21-/t22-/m0/s1. The van der Waals surface area contributed by atoms with Gasteiger partial charge in [-0.15, -0.1) is 0 Å². The molecular formula is C27H23N3O5S. The number of ether oxygens (including phenoxy) is 1. The summed E-state index contributed by atoms with van der Waals surface area (Å²) < 4.78 is 6.94. The molecule has 2 amide bonds. The van der Waals surface area contributed by atoms with Gasteiger partial charge in [-0.3, -0.25) is 19.0 Å². The summed E-state index contributed by atoms with van der Waals surface area (Å²) in [4.78, 5) is 58.7. The first-order valence-electron chi connectivity index (χ1n) is 11.5. The van der Waals surface area contributed by atoms with Crippen molar-refractivity contribution in [2.75, 3.05) is 11.5 Å². The third kappa shape index (κ3) is 3.54. The Hall–Kier alpha value is -4.11. The van der Waals surface area contributed by atoms with E-state index in [-0.39, 0.29) is 22.3 Å². The number of anilines is 1. The molecule has 0 spiro atoms. The van der Waals surface area contributed by atoms with Crippen LogP contribution in [0.2, 0.25) is 0 Å². The maximum Gasteiger partial charge on any atom is 0.338 e. The van der Waals surface area contributed by atoms with Crippen molar-refractivity contribution in [2.45, 2.75) is 33.7 Å². The summed E-state index contributed by atoms with van der Waals surface area (Å²) >= 11 is 1.07. The number of carbonyl (C=O) groups excluding carboxylic acids is 3. The molecular weight excluding hydrogens is 478 g/mol. The fourth-order valence-electron chi connectivity index (χ4n) is 4.65. The Morgan fingerprint density at radius 1 is 1.06 bits per heavy atom. The molecule has 1 atom stereocenters. The molecule has 0 saturated carbocycles. The maximum absolute atomic E-state index is 14.0. The highest BCUT2D eigenvalue weighted by atomic mass is 32.1. The zero-order valence-electron chi connectivity index (χ0n) is 20.2.